The second-order valence-electron chi connectivity index (χ2n) is 4.51. The van der Waals surface area contributed by atoms with Gasteiger partial charge in [-0.25, -0.2) is 9.07 Å². The molecule has 2 aromatic rings. The lowest BCUT2D eigenvalue weighted by Crippen LogP contribution is -2.33. The fourth-order valence-corrected chi connectivity index (χ4v) is 2.05. The van der Waals surface area contributed by atoms with Crippen molar-refractivity contribution in [3.8, 4) is 0 Å². The summed E-state index contributed by atoms with van der Waals surface area (Å²) in [6.07, 6.45) is -11.2. The Kier molecular flexibility index (Phi) is 3.58. The van der Waals surface area contributed by atoms with Crippen LogP contribution < -0.4 is 11.4 Å². The molecule has 3 nitrogen and oxygen atoms in total. The van der Waals surface area contributed by atoms with E-state index in [0.717, 1.165) is 6.07 Å². The number of alkyl halides is 6. The topological polar surface area (TPSA) is 48.0 Å². The smallest absolute Gasteiger partial charge is 0.336 e. The van der Waals surface area contributed by atoms with Gasteiger partial charge in [0.05, 0.1) is 11.9 Å². The minimum Gasteiger partial charge on any atom is -0.336 e. The molecule has 0 spiro atoms. The van der Waals surface area contributed by atoms with Crippen LogP contribution in [0.25, 0.3) is 10.9 Å². The Balaban J connectivity index is 2.82. The predicted molar refractivity (Wildman–Crippen MR) is 63.1 cm³/mol. The average Bonchev–Trinajstić information content (AvgIpc) is 2.33. The molecule has 1 aromatic carbocycles. The maximum absolute atomic E-state index is 13.5. The number of aromatic nitrogens is 1. The van der Waals surface area contributed by atoms with Crippen LogP contribution in [0.4, 0.5) is 30.7 Å². The van der Waals surface area contributed by atoms with Crippen molar-refractivity contribution in [2.45, 2.75) is 18.8 Å². The predicted octanol–water partition coefficient (Wildman–Crippen LogP) is 2.98. The Morgan fingerprint density at radius 3 is 2.18 bits per heavy atom. The van der Waals surface area contributed by atoms with Crippen LogP contribution in [0.15, 0.2) is 23.0 Å². The van der Waals surface area contributed by atoms with Gasteiger partial charge in [-0.1, -0.05) is 12.1 Å². The Hall–Kier alpha value is -2.26. The highest BCUT2D eigenvalue weighted by molar-refractivity contribution is 5.84. The summed E-state index contributed by atoms with van der Waals surface area (Å²) >= 11 is 0. The third kappa shape index (κ3) is 2.85. The van der Waals surface area contributed by atoms with E-state index < -0.39 is 52.2 Å². The standard InChI is InChI=1S/C12H7F7N2O/c13-9-8(12(17,18)19)6-2-1-5(4-11(14,15)16)3-7(6)21(20)10(9)22/h1-3H,4,20H2. The first kappa shape index (κ1) is 16.1. The van der Waals surface area contributed by atoms with Crippen LogP contribution in [-0.2, 0) is 12.6 Å². The lowest BCUT2D eigenvalue weighted by atomic mass is 10.0. The van der Waals surface area contributed by atoms with Crippen LogP contribution in [0.2, 0.25) is 0 Å². The van der Waals surface area contributed by atoms with Crippen molar-refractivity contribution in [1.29, 1.82) is 0 Å². The van der Waals surface area contributed by atoms with Gasteiger partial charge in [-0.15, -0.1) is 0 Å². The second kappa shape index (κ2) is 4.89. The van der Waals surface area contributed by atoms with E-state index in [4.69, 9.17) is 5.84 Å². The van der Waals surface area contributed by atoms with E-state index in [2.05, 4.69) is 0 Å². The number of nitrogens with zero attached hydrogens (tertiary/aromatic N) is 1. The number of hydrogen-bond donors (Lipinski definition) is 1. The molecule has 10 heteroatoms. The summed E-state index contributed by atoms with van der Waals surface area (Å²) in [6.45, 7) is 0. The van der Waals surface area contributed by atoms with E-state index in [0.29, 0.717) is 12.1 Å². The van der Waals surface area contributed by atoms with Crippen molar-refractivity contribution in [2.75, 3.05) is 5.84 Å². The van der Waals surface area contributed by atoms with Crippen molar-refractivity contribution < 1.29 is 30.7 Å². The summed E-state index contributed by atoms with van der Waals surface area (Å²) in [5, 5.41) is -0.793. The minimum atomic E-state index is -5.19. The van der Waals surface area contributed by atoms with Crippen LogP contribution in [0.3, 0.4) is 0 Å². The van der Waals surface area contributed by atoms with Gasteiger partial charge in [0.15, 0.2) is 0 Å². The summed E-state index contributed by atoms with van der Waals surface area (Å²) in [5.41, 5.74) is -4.67. The monoisotopic (exact) mass is 328 g/mol. The third-order valence-electron chi connectivity index (χ3n) is 2.91. The normalized spacial score (nSPS) is 12.9. The number of pyridine rings is 1. The van der Waals surface area contributed by atoms with E-state index in [1.165, 1.54) is 0 Å². The molecule has 0 radical (unpaired) electrons. The number of hydrogen-bond acceptors (Lipinski definition) is 2. The van der Waals surface area contributed by atoms with Crippen molar-refractivity contribution in [3.05, 3.63) is 45.5 Å². The molecule has 0 saturated heterocycles. The highest BCUT2D eigenvalue weighted by atomic mass is 19.4. The van der Waals surface area contributed by atoms with Gasteiger partial charge in [0.2, 0.25) is 5.82 Å². The van der Waals surface area contributed by atoms with Crippen molar-refractivity contribution in [1.82, 2.24) is 4.68 Å². The van der Waals surface area contributed by atoms with Gasteiger partial charge in [0, 0.05) is 5.39 Å². The average molecular weight is 328 g/mol. The molecule has 22 heavy (non-hydrogen) atoms. The zero-order valence-corrected chi connectivity index (χ0v) is 10.5. The first-order chi connectivity index (χ1) is 9.92. The Morgan fingerprint density at radius 1 is 1.09 bits per heavy atom. The zero-order chi connectivity index (χ0) is 16.9. The first-order valence-corrected chi connectivity index (χ1v) is 5.68. The number of benzene rings is 1. The molecule has 0 unspecified atom stereocenters. The SMILES string of the molecule is Nn1c(=O)c(F)c(C(F)(F)F)c2ccc(CC(F)(F)F)cc21. The molecular weight excluding hydrogens is 321 g/mol. The second-order valence-corrected chi connectivity index (χ2v) is 4.51. The van der Waals surface area contributed by atoms with E-state index >= 15 is 0 Å². The molecule has 0 aliphatic rings. The van der Waals surface area contributed by atoms with Crippen LogP contribution in [0, 0.1) is 5.82 Å². The van der Waals surface area contributed by atoms with E-state index in [1.807, 2.05) is 0 Å². The van der Waals surface area contributed by atoms with Crippen LogP contribution in [-0.4, -0.2) is 10.9 Å². The quantitative estimate of drug-likeness (QED) is 0.646. The Morgan fingerprint density at radius 2 is 1.68 bits per heavy atom. The van der Waals surface area contributed by atoms with Gasteiger partial charge in [-0.2, -0.15) is 26.3 Å². The fourth-order valence-electron chi connectivity index (χ4n) is 2.05. The molecule has 0 aliphatic heterocycles. The number of nitrogens with two attached hydrogens (primary N) is 1. The molecule has 0 amide bonds. The Bertz CT molecular complexity index is 789. The van der Waals surface area contributed by atoms with Crippen LogP contribution >= 0.6 is 0 Å². The van der Waals surface area contributed by atoms with Crippen molar-refractivity contribution in [2.24, 2.45) is 0 Å². The molecule has 120 valence electrons. The molecule has 0 saturated carbocycles. The summed E-state index contributed by atoms with van der Waals surface area (Å²) in [4.78, 5) is 11.4. The molecular formula is C12H7F7N2O. The van der Waals surface area contributed by atoms with Gasteiger partial charge in [0.25, 0.3) is 0 Å². The highest BCUT2D eigenvalue weighted by Crippen LogP contribution is 2.36. The zero-order valence-electron chi connectivity index (χ0n) is 10.5. The summed E-state index contributed by atoms with van der Waals surface area (Å²) in [7, 11) is 0. The molecule has 1 aromatic heterocycles. The maximum Gasteiger partial charge on any atom is 0.420 e. The first-order valence-electron chi connectivity index (χ1n) is 5.68. The fraction of sp³-hybridized carbons (Fsp3) is 0.250. The van der Waals surface area contributed by atoms with Gasteiger partial charge in [-0.3, -0.25) is 4.79 Å². The molecule has 0 atom stereocenters. The number of halogens is 7. The molecule has 2 N–H and O–H groups in total. The molecule has 0 bridgehead atoms. The van der Waals surface area contributed by atoms with Crippen LogP contribution in [0.1, 0.15) is 11.1 Å². The van der Waals surface area contributed by atoms with E-state index in [1.54, 1.807) is 0 Å². The van der Waals surface area contributed by atoms with Crippen molar-refractivity contribution >= 4 is 10.9 Å². The lowest BCUT2D eigenvalue weighted by molar-refractivity contribution is -0.138. The number of rotatable bonds is 1. The maximum atomic E-state index is 13.5. The van der Waals surface area contributed by atoms with E-state index in [-0.39, 0.29) is 4.68 Å². The van der Waals surface area contributed by atoms with Crippen molar-refractivity contribution in [3.63, 3.8) is 0 Å². The summed E-state index contributed by atoms with van der Waals surface area (Å²) in [5.74, 6) is 3.07. The van der Waals surface area contributed by atoms with Gasteiger partial charge in [0.1, 0.15) is 5.56 Å². The molecule has 0 fully saturated rings. The third-order valence-corrected chi connectivity index (χ3v) is 2.91. The van der Waals surface area contributed by atoms with Gasteiger partial charge >= 0.3 is 17.9 Å². The summed E-state index contributed by atoms with van der Waals surface area (Å²) in [6, 6.07) is 2.11. The van der Waals surface area contributed by atoms with Gasteiger partial charge in [-0.05, 0) is 11.6 Å². The number of nitrogen functional groups attached to an aromatic ring is 1. The molecule has 1 heterocycles. The molecule has 2 rings (SSSR count). The van der Waals surface area contributed by atoms with Gasteiger partial charge < -0.3 is 5.84 Å². The highest BCUT2D eigenvalue weighted by Gasteiger charge is 2.38. The summed E-state index contributed by atoms with van der Waals surface area (Å²) < 4.78 is 89.1. The molecule has 0 aliphatic carbocycles. The number of fused-ring (bicyclic) bond motifs is 1. The lowest BCUT2D eigenvalue weighted by Gasteiger charge is -2.15. The minimum absolute atomic E-state index is 0.0553. The largest absolute Gasteiger partial charge is 0.420 e. The Labute approximate surface area is 117 Å². The van der Waals surface area contributed by atoms with Crippen LogP contribution in [0.5, 0.6) is 0 Å². The van der Waals surface area contributed by atoms with E-state index in [9.17, 15) is 35.5 Å².